The van der Waals surface area contributed by atoms with Gasteiger partial charge in [0.25, 0.3) is 10.0 Å². The molecular formula is C14H16N2O3S. The molecule has 1 heterocycles. The second-order valence-electron chi connectivity index (χ2n) is 4.59. The van der Waals surface area contributed by atoms with Crippen LogP contribution in [0, 0.1) is 13.8 Å². The molecule has 5 nitrogen and oxygen atoms in total. The summed E-state index contributed by atoms with van der Waals surface area (Å²) in [6.07, 6.45) is 1.34. The first kappa shape index (κ1) is 14.5. The smallest absolute Gasteiger partial charge is 0.279 e. The van der Waals surface area contributed by atoms with E-state index in [1.54, 1.807) is 6.07 Å². The molecule has 0 aliphatic carbocycles. The monoisotopic (exact) mass is 292 g/mol. The molecule has 0 unspecified atom stereocenters. The average molecular weight is 292 g/mol. The molecule has 0 radical (unpaired) electrons. The molecule has 0 spiro atoms. The van der Waals surface area contributed by atoms with E-state index in [1.807, 2.05) is 26.0 Å². The van der Waals surface area contributed by atoms with Gasteiger partial charge < -0.3 is 5.11 Å². The summed E-state index contributed by atoms with van der Waals surface area (Å²) in [5, 5.41) is 8.85. The SMILES string of the molecule is Cc1ccc(C)c(NS(=O)(=O)c2ccc(CO)cn2)c1. The highest BCUT2D eigenvalue weighted by atomic mass is 32.2. The minimum Gasteiger partial charge on any atom is -0.392 e. The van der Waals surface area contributed by atoms with Crippen molar-refractivity contribution in [1.29, 1.82) is 0 Å². The summed E-state index contributed by atoms with van der Waals surface area (Å²) in [5.41, 5.74) is 2.91. The van der Waals surface area contributed by atoms with Crippen molar-refractivity contribution in [2.24, 2.45) is 0 Å². The van der Waals surface area contributed by atoms with Crippen molar-refractivity contribution in [3.8, 4) is 0 Å². The van der Waals surface area contributed by atoms with E-state index in [1.165, 1.54) is 18.3 Å². The molecule has 2 aromatic rings. The maximum atomic E-state index is 12.2. The fraction of sp³-hybridized carbons (Fsp3) is 0.214. The summed E-state index contributed by atoms with van der Waals surface area (Å²) in [6, 6.07) is 8.45. The third-order valence-corrected chi connectivity index (χ3v) is 4.17. The van der Waals surface area contributed by atoms with Crippen molar-refractivity contribution in [2.75, 3.05) is 4.72 Å². The summed E-state index contributed by atoms with van der Waals surface area (Å²) in [4.78, 5) is 3.86. The van der Waals surface area contributed by atoms with Crippen LogP contribution in [-0.2, 0) is 16.6 Å². The number of pyridine rings is 1. The van der Waals surface area contributed by atoms with Gasteiger partial charge in [-0.1, -0.05) is 18.2 Å². The Morgan fingerprint density at radius 1 is 1.20 bits per heavy atom. The standard InChI is InChI=1S/C14H16N2O3S/c1-10-3-4-11(2)13(7-10)16-20(18,19)14-6-5-12(9-17)8-15-14/h3-8,16-17H,9H2,1-2H3. The van der Waals surface area contributed by atoms with Gasteiger partial charge in [0.15, 0.2) is 5.03 Å². The molecule has 0 aliphatic rings. The molecule has 0 amide bonds. The van der Waals surface area contributed by atoms with Gasteiger partial charge in [-0.3, -0.25) is 4.72 Å². The van der Waals surface area contributed by atoms with E-state index in [2.05, 4.69) is 9.71 Å². The normalized spacial score (nSPS) is 11.3. The second kappa shape index (κ2) is 5.60. The van der Waals surface area contributed by atoms with Crippen molar-refractivity contribution in [1.82, 2.24) is 4.98 Å². The fourth-order valence-electron chi connectivity index (χ4n) is 1.71. The number of anilines is 1. The van der Waals surface area contributed by atoms with Gasteiger partial charge >= 0.3 is 0 Å². The van der Waals surface area contributed by atoms with Gasteiger partial charge in [0.1, 0.15) is 0 Å². The largest absolute Gasteiger partial charge is 0.392 e. The first-order valence-corrected chi connectivity index (χ1v) is 7.56. The topological polar surface area (TPSA) is 79.3 Å². The zero-order chi connectivity index (χ0) is 14.8. The first-order chi connectivity index (χ1) is 9.42. The van der Waals surface area contributed by atoms with E-state index in [4.69, 9.17) is 5.11 Å². The van der Waals surface area contributed by atoms with Crippen molar-refractivity contribution in [3.05, 3.63) is 53.2 Å². The van der Waals surface area contributed by atoms with E-state index in [0.717, 1.165) is 11.1 Å². The maximum absolute atomic E-state index is 12.2. The highest BCUT2D eigenvalue weighted by molar-refractivity contribution is 7.92. The van der Waals surface area contributed by atoms with E-state index < -0.39 is 10.0 Å². The number of nitrogens with one attached hydrogen (secondary N) is 1. The highest BCUT2D eigenvalue weighted by Gasteiger charge is 2.16. The van der Waals surface area contributed by atoms with Crippen molar-refractivity contribution in [3.63, 3.8) is 0 Å². The number of nitrogens with zero attached hydrogens (tertiary/aromatic N) is 1. The Bertz CT molecular complexity index is 710. The minimum absolute atomic E-state index is 0.0735. The van der Waals surface area contributed by atoms with E-state index in [0.29, 0.717) is 11.3 Å². The fourth-order valence-corrected chi connectivity index (χ4v) is 2.76. The number of benzene rings is 1. The molecule has 0 aliphatic heterocycles. The number of hydrogen-bond donors (Lipinski definition) is 2. The number of hydrogen-bond acceptors (Lipinski definition) is 4. The van der Waals surface area contributed by atoms with Gasteiger partial charge in [0, 0.05) is 6.20 Å². The number of aryl methyl sites for hydroxylation is 2. The van der Waals surface area contributed by atoms with Gasteiger partial charge in [-0.25, -0.2) is 4.98 Å². The molecule has 106 valence electrons. The van der Waals surface area contributed by atoms with Gasteiger partial charge in [-0.05, 0) is 42.7 Å². The molecule has 0 fully saturated rings. The van der Waals surface area contributed by atoms with Crippen LogP contribution in [0.4, 0.5) is 5.69 Å². The third-order valence-electron chi connectivity index (χ3n) is 2.89. The lowest BCUT2D eigenvalue weighted by molar-refractivity contribution is 0.281. The Morgan fingerprint density at radius 2 is 1.95 bits per heavy atom. The Balaban J connectivity index is 2.32. The van der Waals surface area contributed by atoms with Crippen LogP contribution in [0.3, 0.4) is 0 Å². The van der Waals surface area contributed by atoms with Crippen LogP contribution in [0.5, 0.6) is 0 Å². The Morgan fingerprint density at radius 3 is 2.55 bits per heavy atom. The molecule has 20 heavy (non-hydrogen) atoms. The molecule has 2 N–H and O–H groups in total. The van der Waals surface area contributed by atoms with Crippen molar-refractivity contribution in [2.45, 2.75) is 25.5 Å². The lowest BCUT2D eigenvalue weighted by atomic mass is 10.1. The zero-order valence-corrected chi connectivity index (χ0v) is 12.1. The Hall–Kier alpha value is -1.92. The number of aliphatic hydroxyl groups is 1. The first-order valence-electron chi connectivity index (χ1n) is 6.08. The number of aromatic nitrogens is 1. The summed E-state index contributed by atoms with van der Waals surface area (Å²) >= 11 is 0. The molecular weight excluding hydrogens is 276 g/mol. The van der Waals surface area contributed by atoms with Gasteiger partial charge in [-0.2, -0.15) is 8.42 Å². The van der Waals surface area contributed by atoms with Gasteiger partial charge in [0.05, 0.1) is 12.3 Å². The van der Waals surface area contributed by atoms with Crippen LogP contribution in [0.2, 0.25) is 0 Å². The van der Waals surface area contributed by atoms with E-state index >= 15 is 0 Å². The molecule has 0 saturated heterocycles. The van der Waals surface area contributed by atoms with Crippen molar-refractivity contribution >= 4 is 15.7 Å². The summed E-state index contributed by atoms with van der Waals surface area (Å²) in [6.45, 7) is 3.56. The molecule has 0 saturated carbocycles. The molecule has 6 heteroatoms. The molecule has 0 atom stereocenters. The second-order valence-corrected chi connectivity index (χ2v) is 6.22. The van der Waals surface area contributed by atoms with Crippen LogP contribution >= 0.6 is 0 Å². The van der Waals surface area contributed by atoms with E-state index in [9.17, 15) is 8.42 Å². The van der Waals surface area contributed by atoms with E-state index in [-0.39, 0.29) is 11.6 Å². The summed E-state index contributed by atoms with van der Waals surface area (Å²) in [7, 11) is -3.72. The van der Waals surface area contributed by atoms with Crippen LogP contribution in [0.15, 0.2) is 41.6 Å². The van der Waals surface area contributed by atoms with Crippen LogP contribution in [0.1, 0.15) is 16.7 Å². The molecule has 1 aromatic carbocycles. The third kappa shape index (κ3) is 3.15. The minimum atomic E-state index is -3.72. The number of aliphatic hydroxyl groups excluding tert-OH is 1. The van der Waals surface area contributed by atoms with Crippen LogP contribution < -0.4 is 4.72 Å². The molecule has 2 rings (SSSR count). The quantitative estimate of drug-likeness (QED) is 0.903. The number of sulfonamides is 1. The summed E-state index contributed by atoms with van der Waals surface area (Å²) < 4.78 is 27.0. The Labute approximate surface area is 118 Å². The molecule has 0 bridgehead atoms. The van der Waals surface area contributed by atoms with Gasteiger partial charge in [-0.15, -0.1) is 0 Å². The average Bonchev–Trinajstić information content (AvgIpc) is 2.43. The predicted octanol–water partition coefficient (Wildman–Crippen LogP) is 1.99. The van der Waals surface area contributed by atoms with Crippen molar-refractivity contribution < 1.29 is 13.5 Å². The number of rotatable bonds is 4. The van der Waals surface area contributed by atoms with Gasteiger partial charge in [0.2, 0.25) is 0 Å². The highest BCUT2D eigenvalue weighted by Crippen LogP contribution is 2.20. The maximum Gasteiger partial charge on any atom is 0.279 e. The Kier molecular flexibility index (Phi) is 4.06. The zero-order valence-electron chi connectivity index (χ0n) is 11.3. The lowest BCUT2D eigenvalue weighted by Crippen LogP contribution is -2.15. The van der Waals surface area contributed by atoms with Crippen LogP contribution in [0.25, 0.3) is 0 Å². The lowest BCUT2D eigenvalue weighted by Gasteiger charge is -2.11. The molecule has 1 aromatic heterocycles. The predicted molar refractivity (Wildman–Crippen MR) is 76.9 cm³/mol. The summed E-state index contributed by atoms with van der Waals surface area (Å²) in [5.74, 6) is 0. The van der Waals surface area contributed by atoms with Crippen LogP contribution in [-0.4, -0.2) is 18.5 Å².